The summed E-state index contributed by atoms with van der Waals surface area (Å²) < 4.78 is 17.4. The molecule has 2 aromatic heterocycles. The zero-order valence-electron chi connectivity index (χ0n) is 20.7. The lowest BCUT2D eigenvalue weighted by Gasteiger charge is -2.20. The van der Waals surface area contributed by atoms with E-state index in [1.54, 1.807) is 0 Å². The normalized spacial score (nSPS) is 12.2. The van der Waals surface area contributed by atoms with Gasteiger partial charge in [-0.1, -0.05) is 63.2 Å². The van der Waals surface area contributed by atoms with Crippen molar-refractivity contribution in [1.29, 1.82) is 5.26 Å². The summed E-state index contributed by atoms with van der Waals surface area (Å²) in [5, 5.41) is 11.7. The fourth-order valence-corrected chi connectivity index (χ4v) is 4.52. The number of pyridine rings is 1. The number of para-hydroxylation sites is 1. The lowest BCUT2D eigenvalue weighted by Crippen LogP contribution is -2.30. The summed E-state index contributed by atoms with van der Waals surface area (Å²) >= 11 is 0. The standard InChI is InChI=1S/C30H27N2O/c1-19-12-14-25-24-10-8-9-23(22-15-13-21(30(2,3)4)17-20(22)18-31)28(24)33-29(25)27(19)26-11-6-7-16-32(26)5/h6-17H,1-5H3/q+1/i14D. The van der Waals surface area contributed by atoms with E-state index in [1.165, 1.54) is 0 Å². The van der Waals surface area contributed by atoms with Crippen LogP contribution in [0.1, 0.15) is 38.8 Å². The number of hydrogen-bond donors (Lipinski definition) is 0. The number of nitrogens with zero attached hydrogens (tertiary/aromatic N) is 2. The fourth-order valence-electron chi connectivity index (χ4n) is 4.52. The van der Waals surface area contributed by atoms with Gasteiger partial charge >= 0.3 is 0 Å². The number of furan rings is 1. The second-order valence-electron chi connectivity index (χ2n) is 9.65. The van der Waals surface area contributed by atoms with Crippen LogP contribution in [-0.2, 0) is 12.5 Å². The van der Waals surface area contributed by atoms with Crippen LogP contribution in [0.15, 0.2) is 77.3 Å². The van der Waals surface area contributed by atoms with Crippen molar-refractivity contribution < 1.29 is 10.4 Å². The summed E-state index contributed by atoms with van der Waals surface area (Å²) in [6, 6.07) is 22.9. The molecule has 5 aromatic rings. The van der Waals surface area contributed by atoms with E-state index >= 15 is 0 Å². The highest BCUT2D eigenvalue weighted by Crippen LogP contribution is 2.41. The van der Waals surface area contributed by atoms with Gasteiger partial charge in [0.25, 0.3) is 0 Å². The van der Waals surface area contributed by atoms with Crippen molar-refractivity contribution in [3.05, 3.63) is 89.6 Å². The first-order chi connectivity index (χ1) is 16.2. The van der Waals surface area contributed by atoms with Crippen LogP contribution in [0, 0.1) is 18.3 Å². The van der Waals surface area contributed by atoms with Gasteiger partial charge in [0.2, 0.25) is 5.69 Å². The monoisotopic (exact) mass is 432 g/mol. The van der Waals surface area contributed by atoms with E-state index in [-0.39, 0.29) is 5.41 Å². The van der Waals surface area contributed by atoms with Gasteiger partial charge in [0.1, 0.15) is 18.2 Å². The highest BCUT2D eigenvalue weighted by atomic mass is 16.3. The molecule has 0 amide bonds. The quantitative estimate of drug-likeness (QED) is 0.276. The highest BCUT2D eigenvalue weighted by Gasteiger charge is 2.22. The van der Waals surface area contributed by atoms with Gasteiger partial charge in [-0.25, -0.2) is 4.57 Å². The van der Waals surface area contributed by atoms with Gasteiger partial charge in [0.15, 0.2) is 6.20 Å². The molecule has 0 spiro atoms. The van der Waals surface area contributed by atoms with Crippen molar-refractivity contribution >= 4 is 21.9 Å². The molecule has 0 N–H and O–H groups in total. The summed E-state index contributed by atoms with van der Waals surface area (Å²) in [4.78, 5) is 0. The molecule has 5 rings (SSSR count). The van der Waals surface area contributed by atoms with Gasteiger partial charge in [-0.15, -0.1) is 0 Å². The van der Waals surface area contributed by atoms with Crippen LogP contribution in [0.4, 0.5) is 0 Å². The maximum absolute atomic E-state index is 9.97. The fraction of sp³-hybridized carbons (Fsp3) is 0.200. The average Bonchev–Trinajstić information content (AvgIpc) is 3.19. The summed E-state index contributed by atoms with van der Waals surface area (Å²) in [6.45, 7) is 8.46. The van der Waals surface area contributed by atoms with Crippen molar-refractivity contribution in [2.45, 2.75) is 33.1 Å². The van der Waals surface area contributed by atoms with Gasteiger partial charge < -0.3 is 4.42 Å². The number of nitriles is 1. The van der Waals surface area contributed by atoms with Crippen LogP contribution in [0.3, 0.4) is 0 Å². The molecule has 162 valence electrons. The van der Waals surface area contributed by atoms with Crippen LogP contribution in [0.25, 0.3) is 44.3 Å². The lowest BCUT2D eigenvalue weighted by molar-refractivity contribution is -0.660. The molecule has 3 nitrogen and oxygen atoms in total. The SMILES string of the molecule is [2H]c1cc(C)c(-c2cccc[n+]2C)c2oc3c(-c4ccc(C(C)(C)C)cc4C#N)cccc3c12. The third-order valence-corrected chi connectivity index (χ3v) is 6.38. The third kappa shape index (κ3) is 3.39. The van der Waals surface area contributed by atoms with E-state index in [9.17, 15) is 5.26 Å². The third-order valence-electron chi connectivity index (χ3n) is 6.38. The highest BCUT2D eigenvalue weighted by molar-refractivity contribution is 6.13. The molecule has 0 radical (unpaired) electrons. The van der Waals surface area contributed by atoms with Crippen molar-refractivity contribution in [3.8, 4) is 28.5 Å². The first kappa shape index (κ1) is 19.8. The Morgan fingerprint density at radius 3 is 2.48 bits per heavy atom. The number of rotatable bonds is 2. The minimum atomic E-state index is -0.0484. The van der Waals surface area contributed by atoms with Crippen LogP contribution < -0.4 is 4.57 Å². The first-order valence-electron chi connectivity index (χ1n) is 11.7. The molecule has 0 unspecified atom stereocenters. The molecular weight excluding hydrogens is 404 g/mol. The topological polar surface area (TPSA) is 40.8 Å². The zero-order valence-corrected chi connectivity index (χ0v) is 19.7. The van der Waals surface area contributed by atoms with Crippen molar-refractivity contribution in [1.82, 2.24) is 0 Å². The molecule has 0 aliphatic carbocycles. The van der Waals surface area contributed by atoms with Gasteiger partial charge in [0.05, 0.1) is 18.6 Å². The van der Waals surface area contributed by atoms with Gasteiger partial charge in [-0.3, -0.25) is 0 Å². The van der Waals surface area contributed by atoms with E-state index < -0.39 is 0 Å². The number of fused-ring (bicyclic) bond motifs is 3. The van der Waals surface area contributed by atoms with Crippen LogP contribution in [0.2, 0.25) is 0 Å². The Balaban J connectivity index is 1.86. The minimum absolute atomic E-state index is 0.0484. The summed E-state index contributed by atoms with van der Waals surface area (Å²) in [5.41, 5.74) is 7.82. The molecule has 3 heteroatoms. The van der Waals surface area contributed by atoms with Crippen LogP contribution in [0.5, 0.6) is 0 Å². The maximum Gasteiger partial charge on any atom is 0.216 e. The summed E-state index contributed by atoms with van der Waals surface area (Å²) in [6.07, 6.45) is 2.01. The Kier molecular flexibility index (Phi) is 4.55. The molecule has 0 aliphatic heterocycles. The predicted molar refractivity (Wildman–Crippen MR) is 134 cm³/mol. The first-order valence-corrected chi connectivity index (χ1v) is 11.2. The molecule has 0 fully saturated rings. The minimum Gasteiger partial charge on any atom is -0.454 e. The second kappa shape index (κ2) is 7.60. The summed E-state index contributed by atoms with van der Waals surface area (Å²) in [7, 11) is 2.01. The Labute approximate surface area is 195 Å². The van der Waals surface area contributed by atoms with E-state index in [0.29, 0.717) is 22.8 Å². The number of hydrogen-bond acceptors (Lipinski definition) is 2. The van der Waals surface area contributed by atoms with Gasteiger partial charge in [-0.05, 0) is 35.6 Å². The van der Waals surface area contributed by atoms with E-state index in [4.69, 9.17) is 5.79 Å². The Morgan fingerprint density at radius 2 is 1.76 bits per heavy atom. The van der Waals surface area contributed by atoms with E-state index in [2.05, 4.69) is 43.5 Å². The van der Waals surface area contributed by atoms with E-state index in [0.717, 1.165) is 44.3 Å². The van der Waals surface area contributed by atoms with Gasteiger partial charge in [-0.2, -0.15) is 5.26 Å². The smallest absolute Gasteiger partial charge is 0.216 e. The molecule has 0 saturated heterocycles. The molecule has 33 heavy (non-hydrogen) atoms. The summed E-state index contributed by atoms with van der Waals surface area (Å²) in [5.74, 6) is 0. The number of benzene rings is 3. The molecule has 0 aliphatic rings. The average molecular weight is 433 g/mol. The Morgan fingerprint density at radius 1 is 0.939 bits per heavy atom. The van der Waals surface area contributed by atoms with Gasteiger partial charge in [0, 0.05) is 34.0 Å². The largest absolute Gasteiger partial charge is 0.454 e. The van der Waals surface area contributed by atoms with Crippen LogP contribution >= 0.6 is 0 Å². The van der Waals surface area contributed by atoms with Crippen LogP contribution in [-0.4, -0.2) is 0 Å². The Hall–Kier alpha value is -3.90. The maximum atomic E-state index is 9.97. The van der Waals surface area contributed by atoms with Crippen molar-refractivity contribution in [3.63, 3.8) is 0 Å². The molecule has 0 saturated carbocycles. The second-order valence-corrected chi connectivity index (χ2v) is 9.65. The number of aryl methyl sites for hydroxylation is 2. The molecule has 3 aromatic carbocycles. The molecule has 0 bridgehead atoms. The Bertz CT molecular complexity index is 1630. The molecular formula is C30H27N2O+. The number of aromatic nitrogens is 1. The molecule has 2 heterocycles. The zero-order chi connectivity index (χ0) is 24.2. The van der Waals surface area contributed by atoms with Crippen molar-refractivity contribution in [2.24, 2.45) is 7.05 Å². The van der Waals surface area contributed by atoms with Crippen molar-refractivity contribution in [2.75, 3.05) is 0 Å². The predicted octanol–water partition coefficient (Wildman–Crippen LogP) is 7.22. The lowest BCUT2D eigenvalue weighted by atomic mass is 9.84. The molecule has 0 atom stereocenters. The van der Waals surface area contributed by atoms with E-state index in [1.807, 2.05) is 68.7 Å².